The SMILES string of the molecule is C/C=C\C(=C/N(C)CCCN(C)Cc1ccccn1)C(=O)OC. The number of methoxy groups -OCH3 is 1. The highest BCUT2D eigenvalue weighted by Gasteiger charge is 2.07. The number of pyridine rings is 1. The molecule has 1 aromatic heterocycles. The predicted octanol–water partition coefficient (Wildman–Crippen LogP) is 2.47. The smallest absolute Gasteiger partial charge is 0.339 e. The van der Waals surface area contributed by atoms with Crippen molar-refractivity contribution in [2.75, 3.05) is 34.3 Å². The molecule has 1 heterocycles. The molecule has 0 spiro atoms. The van der Waals surface area contributed by atoms with Crippen LogP contribution in [0.1, 0.15) is 19.0 Å². The molecular weight excluding hydrogens is 290 g/mol. The minimum absolute atomic E-state index is 0.317. The van der Waals surface area contributed by atoms with Crippen LogP contribution in [0.4, 0.5) is 0 Å². The first-order chi connectivity index (χ1) is 11.1. The van der Waals surface area contributed by atoms with Gasteiger partial charge in [0.25, 0.3) is 0 Å². The second-order valence-electron chi connectivity index (χ2n) is 5.47. The van der Waals surface area contributed by atoms with Crippen molar-refractivity contribution in [3.05, 3.63) is 54.0 Å². The average molecular weight is 317 g/mol. The molecule has 0 aliphatic heterocycles. The van der Waals surface area contributed by atoms with E-state index >= 15 is 0 Å². The molecule has 0 aliphatic carbocycles. The molecule has 5 heteroatoms. The Hall–Kier alpha value is -2.14. The number of allylic oxidation sites excluding steroid dienone is 1. The van der Waals surface area contributed by atoms with Crippen LogP contribution in [0.3, 0.4) is 0 Å². The largest absolute Gasteiger partial charge is 0.465 e. The Bertz CT molecular complexity index is 526. The molecule has 0 aliphatic rings. The van der Waals surface area contributed by atoms with E-state index in [1.165, 1.54) is 7.11 Å². The van der Waals surface area contributed by atoms with Crippen LogP contribution in [0.25, 0.3) is 0 Å². The van der Waals surface area contributed by atoms with Gasteiger partial charge in [-0.25, -0.2) is 4.79 Å². The quantitative estimate of drug-likeness (QED) is 0.398. The van der Waals surface area contributed by atoms with E-state index in [0.29, 0.717) is 5.57 Å². The number of rotatable bonds is 9. The number of esters is 1. The predicted molar refractivity (Wildman–Crippen MR) is 92.7 cm³/mol. The minimum Gasteiger partial charge on any atom is -0.465 e. The van der Waals surface area contributed by atoms with Gasteiger partial charge in [0.15, 0.2) is 0 Å². The van der Waals surface area contributed by atoms with Gasteiger partial charge < -0.3 is 14.5 Å². The molecular formula is C18H27N3O2. The maximum Gasteiger partial charge on any atom is 0.339 e. The summed E-state index contributed by atoms with van der Waals surface area (Å²) >= 11 is 0. The monoisotopic (exact) mass is 317 g/mol. The van der Waals surface area contributed by atoms with Gasteiger partial charge in [-0.1, -0.05) is 18.2 Å². The zero-order chi connectivity index (χ0) is 17.1. The molecule has 0 radical (unpaired) electrons. The van der Waals surface area contributed by atoms with E-state index in [9.17, 15) is 4.79 Å². The van der Waals surface area contributed by atoms with Crippen LogP contribution in [0.2, 0.25) is 0 Å². The molecule has 0 saturated carbocycles. The van der Waals surface area contributed by atoms with Crippen molar-refractivity contribution in [3.63, 3.8) is 0 Å². The Morgan fingerprint density at radius 1 is 1.30 bits per heavy atom. The van der Waals surface area contributed by atoms with Crippen LogP contribution >= 0.6 is 0 Å². The van der Waals surface area contributed by atoms with E-state index in [4.69, 9.17) is 4.74 Å². The van der Waals surface area contributed by atoms with Crippen molar-refractivity contribution in [1.82, 2.24) is 14.8 Å². The second kappa shape index (κ2) is 10.6. The summed E-state index contributed by atoms with van der Waals surface area (Å²) in [7, 11) is 5.45. The van der Waals surface area contributed by atoms with E-state index in [1.54, 1.807) is 6.08 Å². The maximum absolute atomic E-state index is 11.6. The van der Waals surface area contributed by atoms with Gasteiger partial charge in [-0.05, 0) is 39.1 Å². The molecule has 1 aromatic rings. The summed E-state index contributed by atoms with van der Waals surface area (Å²) in [5.74, 6) is -0.317. The third-order valence-electron chi connectivity index (χ3n) is 3.34. The molecule has 23 heavy (non-hydrogen) atoms. The highest BCUT2D eigenvalue weighted by Crippen LogP contribution is 2.04. The van der Waals surface area contributed by atoms with Gasteiger partial charge in [0.1, 0.15) is 0 Å². The molecule has 1 rings (SSSR count). The fourth-order valence-electron chi connectivity index (χ4n) is 2.20. The van der Waals surface area contributed by atoms with Crippen molar-refractivity contribution in [3.8, 4) is 0 Å². The molecule has 0 N–H and O–H groups in total. The summed E-state index contributed by atoms with van der Waals surface area (Å²) in [6, 6.07) is 5.96. The zero-order valence-corrected chi connectivity index (χ0v) is 14.5. The molecule has 0 atom stereocenters. The summed E-state index contributed by atoms with van der Waals surface area (Å²) in [4.78, 5) is 20.2. The Balaban J connectivity index is 2.40. The van der Waals surface area contributed by atoms with E-state index in [-0.39, 0.29) is 5.97 Å². The van der Waals surface area contributed by atoms with Crippen molar-refractivity contribution in [1.29, 1.82) is 0 Å². The molecule has 0 amide bonds. The third-order valence-corrected chi connectivity index (χ3v) is 3.34. The van der Waals surface area contributed by atoms with Crippen LogP contribution in [-0.2, 0) is 16.1 Å². The molecule has 5 nitrogen and oxygen atoms in total. The maximum atomic E-state index is 11.6. The third kappa shape index (κ3) is 7.61. The first kappa shape index (κ1) is 18.9. The normalized spacial score (nSPS) is 12.0. The van der Waals surface area contributed by atoms with Gasteiger partial charge in [-0.3, -0.25) is 4.98 Å². The minimum atomic E-state index is -0.317. The molecule has 0 aromatic carbocycles. The highest BCUT2D eigenvalue weighted by atomic mass is 16.5. The van der Waals surface area contributed by atoms with Crippen LogP contribution in [0, 0.1) is 0 Å². The Morgan fingerprint density at radius 3 is 2.70 bits per heavy atom. The number of carbonyl (C=O) groups excluding carboxylic acids is 1. The van der Waals surface area contributed by atoms with Crippen LogP contribution in [-0.4, -0.2) is 55.0 Å². The van der Waals surface area contributed by atoms with E-state index in [0.717, 1.165) is 31.7 Å². The zero-order valence-electron chi connectivity index (χ0n) is 14.5. The lowest BCUT2D eigenvalue weighted by Gasteiger charge is -2.19. The van der Waals surface area contributed by atoms with Gasteiger partial charge in [-0.2, -0.15) is 0 Å². The fourth-order valence-corrected chi connectivity index (χ4v) is 2.20. The van der Waals surface area contributed by atoms with Gasteiger partial charge >= 0.3 is 5.97 Å². The van der Waals surface area contributed by atoms with Crippen molar-refractivity contribution in [2.24, 2.45) is 0 Å². The van der Waals surface area contributed by atoms with Crippen molar-refractivity contribution < 1.29 is 9.53 Å². The summed E-state index contributed by atoms with van der Waals surface area (Å²) in [6.45, 7) is 4.55. The number of hydrogen-bond acceptors (Lipinski definition) is 5. The molecule has 0 saturated heterocycles. The number of nitrogens with zero attached hydrogens (tertiary/aromatic N) is 3. The van der Waals surface area contributed by atoms with E-state index in [1.807, 2.05) is 55.5 Å². The lowest BCUT2D eigenvalue weighted by molar-refractivity contribution is -0.135. The van der Waals surface area contributed by atoms with Gasteiger partial charge in [-0.15, -0.1) is 0 Å². The number of carbonyl (C=O) groups is 1. The van der Waals surface area contributed by atoms with Crippen LogP contribution < -0.4 is 0 Å². The lowest BCUT2D eigenvalue weighted by Crippen LogP contribution is -2.24. The first-order valence-electron chi connectivity index (χ1n) is 7.78. The van der Waals surface area contributed by atoms with Crippen molar-refractivity contribution >= 4 is 5.97 Å². The number of ether oxygens (including phenoxy) is 1. The van der Waals surface area contributed by atoms with Crippen LogP contribution in [0.15, 0.2) is 48.3 Å². The van der Waals surface area contributed by atoms with Crippen molar-refractivity contribution in [2.45, 2.75) is 19.9 Å². The summed E-state index contributed by atoms with van der Waals surface area (Å²) < 4.78 is 4.77. The second-order valence-corrected chi connectivity index (χ2v) is 5.47. The Morgan fingerprint density at radius 2 is 2.09 bits per heavy atom. The fraction of sp³-hybridized carbons (Fsp3) is 0.444. The Kier molecular flexibility index (Phi) is 8.68. The first-order valence-corrected chi connectivity index (χ1v) is 7.78. The topological polar surface area (TPSA) is 45.7 Å². The molecule has 0 fully saturated rings. The molecule has 0 bridgehead atoms. The average Bonchev–Trinajstić information content (AvgIpc) is 2.54. The molecule has 126 valence electrons. The number of aromatic nitrogens is 1. The summed E-state index contributed by atoms with van der Waals surface area (Å²) in [5, 5.41) is 0. The van der Waals surface area contributed by atoms with Gasteiger partial charge in [0.05, 0.1) is 18.4 Å². The van der Waals surface area contributed by atoms with Crippen LogP contribution in [0.5, 0.6) is 0 Å². The van der Waals surface area contributed by atoms with E-state index < -0.39 is 0 Å². The summed E-state index contributed by atoms with van der Waals surface area (Å²) in [6.07, 6.45) is 8.23. The number of hydrogen-bond donors (Lipinski definition) is 0. The Labute approximate surface area is 139 Å². The van der Waals surface area contributed by atoms with Gasteiger partial charge in [0, 0.05) is 32.5 Å². The highest BCUT2D eigenvalue weighted by molar-refractivity contribution is 5.91. The lowest BCUT2D eigenvalue weighted by atomic mass is 10.2. The summed E-state index contributed by atoms with van der Waals surface area (Å²) in [5.41, 5.74) is 1.63. The van der Waals surface area contributed by atoms with Gasteiger partial charge in [0.2, 0.25) is 0 Å². The molecule has 0 unspecified atom stereocenters. The van der Waals surface area contributed by atoms with E-state index in [2.05, 4.69) is 16.9 Å². The standard InChI is InChI=1S/C18H27N3O2/c1-5-9-16(18(22)23-4)14-20(2)12-8-13-21(3)15-17-10-6-7-11-19-17/h5-7,9-11,14H,8,12-13,15H2,1-4H3/b9-5-,16-14+.